The molecule has 2 heterocycles. The summed E-state index contributed by atoms with van der Waals surface area (Å²) in [4.78, 5) is 17.3. The SMILES string of the molecule is O=C1Nc2ccccc2C1CCCN1CCN(Cc2ccccc2)CC1. The van der Waals surface area contributed by atoms with E-state index in [2.05, 4.69) is 51.5 Å². The van der Waals surface area contributed by atoms with Gasteiger partial charge < -0.3 is 10.2 Å². The van der Waals surface area contributed by atoms with E-state index < -0.39 is 0 Å². The van der Waals surface area contributed by atoms with E-state index in [0.29, 0.717) is 0 Å². The molecule has 1 N–H and O–H groups in total. The first kappa shape index (κ1) is 17.3. The van der Waals surface area contributed by atoms with Crippen LogP contribution in [0.3, 0.4) is 0 Å². The van der Waals surface area contributed by atoms with E-state index in [4.69, 9.17) is 0 Å². The Morgan fingerprint density at radius 3 is 2.38 bits per heavy atom. The topological polar surface area (TPSA) is 35.6 Å². The average Bonchev–Trinajstić information content (AvgIpc) is 2.99. The van der Waals surface area contributed by atoms with Gasteiger partial charge in [-0.2, -0.15) is 0 Å². The summed E-state index contributed by atoms with van der Waals surface area (Å²) in [6.07, 6.45) is 2.01. The zero-order valence-corrected chi connectivity index (χ0v) is 15.2. The normalized spacial score (nSPS) is 20.8. The second-order valence-corrected chi connectivity index (χ2v) is 7.37. The number of benzene rings is 2. The molecule has 0 aromatic heterocycles. The quantitative estimate of drug-likeness (QED) is 0.869. The maximum absolute atomic E-state index is 12.2. The van der Waals surface area contributed by atoms with Gasteiger partial charge >= 0.3 is 0 Å². The highest BCUT2D eigenvalue weighted by molar-refractivity contribution is 6.02. The first-order valence-corrected chi connectivity index (χ1v) is 9.68. The van der Waals surface area contributed by atoms with Crippen molar-refractivity contribution in [2.24, 2.45) is 0 Å². The number of anilines is 1. The van der Waals surface area contributed by atoms with Crippen LogP contribution in [0.15, 0.2) is 54.6 Å². The summed E-state index contributed by atoms with van der Waals surface area (Å²) in [7, 11) is 0. The maximum Gasteiger partial charge on any atom is 0.232 e. The number of rotatable bonds is 6. The molecule has 0 radical (unpaired) electrons. The molecule has 4 rings (SSSR count). The van der Waals surface area contributed by atoms with E-state index >= 15 is 0 Å². The van der Waals surface area contributed by atoms with Gasteiger partial charge in [-0.1, -0.05) is 48.5 Å². The lowest BCUT2D eigenvalue weighted by Crippen LogP contribution is -2.46. The molecule has 2 aromatic carbocycles. The third-order valence-electron chi connectivity index (χ3n) is 5.59. The molecule has 4 heteroatoms. The molecule has 0 saturated carbocycles. The van der Waals surface area contributed by atoms with Crippen LogP contribution in [0.25, 0.3) is 0 Å². The zero-order chi connectivity index (χ0) is 17.8. The van der Waals surface area contributed by atoms with E-state index in [9.17, 15) is 4.79 Å². The summed E-state index contributed by atoms with van der Waals surface area (Å²) < 4.78 is 0. The van der Waals surface area contributed by atoms with Crippen LogP contribution in [-0.4, -0.2) is 48.4 Å². The van der Waals surface area contributed by atoms with Gasteiger partial charge in [0.1, 0.15) is 0 Å². The maximum atomic E-state index is 12.2. The Kier molecular flexibility index (Phi) is 5.32. The van der Waals surface area contributed by atoms with Crippen molar-refractivity contribution in [1.29, 1.82) is 0 Å². The Morgan fingerprint density at radius 1 is 0.885 bits per heavy atom. The van der Waals surface area contributed by atoms with Gasteiger partial charge in [-0.15, -0.1) is 0 Å². The van der Waals surface area contributed by atoms with Gasteiger partial charge in [-0.25, -0.2) is 0 Å². The fourth-order valence-corrected chi connectivity index (χ4v) is 4.09. The van der Waals surface area contributed by atoms with Crippen molar-refractivity contribution in [3.63, 3.8) is 0 Å². The van der Waals surface area contributed by atoms with Gasteiger partial charge in [0.05, 0.1) is 5.92 Å². The summed E-state index contributed by atoms with van der Waals surface area (Å²) in [5.41, 5.74) is 3.56. The molecule has 2 aliphatic rings. The molecule has 2 aliphatic heterocycles. The minimum Gasteiger partial charge on any atom is -0.325 e. The van der Waals surface area contributed by atoms with Crippen LogP contribution < -0.4 is 5.32 Å². The van der Waals surface area contributed by atoms with Crippen molar-refractivity contribution < 1.29 is 4.79 Å². The van der Waals surface area contributed by atoms with Gasteiger partial charge in [0.2, 0.25) is 5.91 Å². The fourth-order valence-electron chi connectivity index (χ4n) is 4.09. The molecule has 26 heavy (non-hydrogen) atoms. The van der Waals surface area contributed by atoms with Crippen LogP contribution in [0.2, 0.25) is 0 Å². The van der Waals surface area contributed by atoms with Gasteiger partial charge in [-0.05, 0) is 36.6 Å². The van der Waals surface area contributed by atoms with Crippen molar-refractivity contribution >= 4 is 11.6 Å². The lowest BCUT2D eigenvalue weighted by Gasteiger charge is -2.34. The Balaban J connectivity index is 1.20. The number of carbonyl (C=O) groups is 1. The van der Waals surface area contributed by atoms with Gasteiger partial charge in [0, 0.05) is 38.4 Å². The number of hydrogen-bond acceptors (Lipinski definition) is 3. The van der Waals surface area contributed by atoms with Crippen molar-refractivity contribution in [2.45, 2.75) is 25.3 Å². The molecule has 0 spiro atoms. The van der Waals surface area contributed by atoms with E-state index in [1.54, 1.807) is 0 Å². The van der Waals surface area contributed by atoms with Crippen molar-refractivity contribution in [3.8, 4) is 0 Å². The number of amides is 1. The minimum atomic E-state index is 0.0329. The summed E-state index contributed by atoms with van der Waals surface area (Å²) in [6, 6.07) is 18.8. The minimum absolute atomic E-state index is 0.0329. The average molecular weight is 349 g/mol. The van der Waals surface area contributed by atoms with Crippen LogP contribution in [0.5, 0.6) is 0 Å². The summed E-state index contributed by atoms with van der Waals surface area (Å²) in [5.74, 6) is 0.199. The van der Waals surface area contributed by atoms with Crippen LogP contribution >= 0.6 is 0 Å². The predicted molar refractivity (Wildman–Crippen MR) is 105 cm³/mol. The van der Waals surface area contributed by atoms with Gasteiger partial charge in [0.25, 0.3) is 0 Å². The zero-order valence-electron chi connectivity index (χ0n) is 15.2. The molecule has 0 bridgehead atoms. The molecular weight excluding hydrogens is 322 g/mol. The second-order valence-electron chi connectivity index (χ2n) is 7.37. The smallest absolute Gasteiger partial charge is 0.232 e. The third kappa shape index (κ3) is 3.97. The van der Waals surface area contributed by atoms with Gasteiger partial charge in [0.15, 0.2) is 0 Å². The van der Waals surface area contributed by atoms with E-state index in [-0.39, 0.29) is 11.8 Å². The number of carbonyl (C=O) groups excluding carboxylic acids is 1. The second kappa shape index (κ2) is 8.02. The number of para-hydroxylation sites is 1. The molecule has 1 saturated heterocycles. The highest BCUT2D eigenvalue weighted by Crippen LogP contribution is 2.35. The molecular formula is C22H27N3O. The highest BCUT2D eigenvalue weighted by Gasteiger charge is 2.29. The standard InChI is InChI=1S/C22H27N3O/c26-22-20(19-9-4-5-11-21(19)23-22)10-6-12-24-13-15-25(16-14-24)17-18-7-2-1-3-8-18/h1-5,7-9,11,20H,6,10,12-17H2,(H,23,26). The molecule has 1 fully saturated rings. The van der Waals surface area contributed by atoms with Gasteiger partial charge in [-0.3, -0.25) is 9.69 Å². The van der Waals surface area contributed by atoms with E-state index in [1.807, 2.05) is 18.2 Å². The molecule has 1 atom stereocenters. The number of nitrogens with one attached hydrogen (secondary N) is 1. The first-order chi connectivity index (χ1) is 12.8. The Labute approximate surface area is 155 Å². The molecule has 0 aliphatic carbocycles. The number of hydrogen-bond donors (Lipinski definition) is 1. The Hall–Kier alpha value is -2.17. The monoisotopic (exact) mass is 349 g/mol. The third-order valence-corrected chi connectivity index (χ3v) is 5.59. The summed E-state index contributed by atoms with van der Waals surface area (Å²) in [6.45, 7) is 6.64. The van der Waals surface area contributed by atoms with Crippen LogP contribution in [0.1, 0.15) is 29.9 Å². The molecule has 136 valence electrons. The van der Waals surface area contributed by atoms with E-state index in [1.165, 1.54) is 11.1 Å². The summed E-state index contributed by atoms with van der Waals surface area (Å²) >= 11 is 0. The predicted octanol–water partition coefficient (Wildman–Crippen LogP) is 3.32. The molecule has 1 amide bonds. The molecule has 2 aromatic rings. The first-order valence-electron chi connectivity index (χ1n) is 9.68. The number of fused-ring (bicyclic) bond motifs is 1. The molecule has 1 unspecified atom stereocenters. The number of piperazine rings is 1. The fraction of sp³-hybridized carbons (Fsp3) is 0.409. The largest absolute Gasteiger partial charge is 0.325 e. The highest BCUT2D eigenvalue weighted by atomic mass is 16.2. The van der Waals surface area contributed by atoms with Crippen molar-refractivity contribution in [1.82, 2.24) is 9.80 Å². The van der Waals surface area contributed by atoms with Crippen LogP contribution in [0, 0.1) is 0 Å². The van der Waals surface area contributed by atoms with E-state index in [0.717, 1.165) is 57.8 Å². The van der Waals surface area contributed by atoms with Crippen molar-refractivity contribution in [2.75, 3.05) is 38.0 Å². The Bertz CT molecular complexity index is 738. The van der Waals surface area contributed by atoms with Crippen LogP contribution in [-0.2, 0) is 11.3 Å². The number of nitrogens with zero attached hydrogens (tertiary/aromatic N) is 2. The van der Waals surface area contributed by atoms with Crippen molar-refractivity contribution in [3.05, 3.63) is 65.7 Å². The Morgan fingerprint density at radius 2 is 1.58 bits per heavy atom. The lowest BCUT2D eigenvalue weighted by atomic mass is 9.95. The molecule has 4 nitrogen and oxygen atoms in total. The van der Waals surface area contributed by atoms with Crippen LogP contribution in [0.4, 0.5) is 5.69 Å². The lowest BCUT2D eigenvalue weighted by molar-refractivity contribution is -0.117. The summed E-state index contributed by atoms with van der Waals surface area (Å²) in [5, 5.41) is 3.01.